The number of furan rings is 1. The first-order chi connectivity index (χ1) is 17.0. The third kappa shape index (κ3) is 4.74. The number of rotatable bonds is 5. The fourth-order valence-electron chi connectivity index (χ4n) is 4.13. The van der Waals surface area contributed by atoms with Crippen LogP contribution in [0.3, 0.4) is 0 Å². The maximum atomic E-state index is 13.3. The molecule has 0 atom stereocenters. The van der Waals surface area contributed by atoms with Crippen molar-refractivity contribution in [1.29, 1.82) is 0 Å². The lowest BCUT2D eigenvalue weighted by Gasteiger charge is -2.28. The Labute approximate surface area is 206 Å². The zero-order valence-electron chi connectivity index (χ0n) is 19.0. The summed E-state index contributed by atoms with van der Waals surface area (Å²) in [6.07, 6.45) is 2.28. The summed E-state index contributed by atoms with van der Waals surface area (Å²) in [6.45, 7) is 3.12. The van der Waals surface area contributed by atoms with Gasteiger partial charge < -0.3 is 20.0 Å². The summed E-state index contributed by atoms with van der Waals surface area (Å²) in [4.78, 5) is 41.7. The molecule has 1 aliphatic heterocycles. The van der Waals surface area contributed by atoms with Crippen molar-refractivity contribution in [3.63, 3.8) is 0 Å². The number of thiophene rings is 1. The topological polar surface area (TPSA) is 91.6 Å². The largest absolute Gasteiger partial charge is 0.459 e. The highest BCUT2D eigenvalue weighted by Crippen LogP contribution is 2.27. The van der Waals surface area contributed by atoms with Gasteiger partial charge in [-0.1, -0.05) is 12.1 Å². The van der Waals surface area contributed by atoms with Crippen LogP contribution < -0.4 is 10.6 Å². The van der Waals surface area contributed by atoms with E-state index in [-0.39, 0.29) is 17.6 Å². The Morgan fingerprint density at radius 1 is 0.971 bits per heavy atom. The van der Waals surface area contributed by atoms with E-state index in [9.17, 15) is 14.4 Å². The Bertz CT molecular complexity index is 1410. The lowest BCUT2D eigenvalue weighted by molar-refractivity contribution is 0.0734. The normalized spacial score (nSPS) is 12.7. The molecule has 176 valence electrons. The minimum absolute atomic E-state index is 0.0434. The summed E-state index contributed by atoms with van der Waals surface area (Å²) in [5, 5.41) is 7.69. The second-order valence-electron chi connectivity index (χ2n) is 8.29. The van der Waals surface area contributed by atoms with Crippen molar-refractivity contribution < 1.29 is 18.8 Å². The van der Waals surface area contributed by atoms with Crippen LogP contribution in [0, 0.1) is 6.92 Å². The molecule has 0 saturated heterocycles. The first-order valence-corrected chi connectivity index (χ1v) is 12.1. The van der Waals surface area contributed by atoms with Crippen LogP contribution in [0.1, 0.15) is 47.3 Å². The number of carbonyl (C=O) groups excluding carboxylic acids is 3. The van der Waals surface area contributed by atoms with Crippen LogP contribution in [-0.2, 0) is 13.0 Å². The third-order valence-electron chi connectivity index (χ3n) is 6.03. The average molecular weight is 486 g/mol. The molecule has 0 spiro atoms. The lowest BCUT2D eigenvalue weighted by atomic mass is 10.0. The number of carbonyl (C=O) groups is 3. The van der Waals surface area contributed by atoms with Crippen LogP contribution in [0.15, 0.2) is 76.7 Å². The lowest BCUT2D eigenvalue weighted by Crippen LogP contribution is -2.35. The fraction of sp³-hybridized carbons (Fsp3) is 0.148. The smallest absolute Gasteiger partial charge is 0.291 e. The molecular formula is C27H23N3O4S. The van der Waals surface area contributed by atoms with Gasteiger partial charge in [0.25, 0.3) is 17.7 Å². The van der Waals surface area contributed by atoms with Gasteiger partial charge >= 0.3 is 0 Å². The molecule has 1 aliphatic rings. The van der Waals surface area contributed by atoms with E-state index < -0.39 is 5.91 Å². The quantitative estimate of drug-likeness (QED) is 0.399. The highest BCUT2D eigenvalue weighted by atomic mass is 32.1. The van der Waals surface area contributed by atoms with E-state index in [0.29, 0.717) is 41.2 Å². The van der Waals surface area contributed by atoms with Crippen molar-refractivity contribution in [2.75, 3.05) is 17.2 Å². The number of anilines is 2. The first kappa shape index (κ1) is 22.6. The number of hydrogen-bond donors (Lipinski definition) is 2. The summed E-state index contributed by atoms with van der Waals surface area (Å²) >= 11 is 1.74. The fourth-order valence-corrected chi connectivity index (χ4v) is 5.02. The minimum atomic E-state index is -0.401. The van der Waals surface area contributed by atoms with Gasteiger partial charge in [0.2, 0.25) is 0 Å². The number of nitrogens with zero attached hydrogens (tertiary/aromatic N) is 1. The summed E-state index contributed by atoms with van der Waals surface area (Å²) in [5.41, 5.74) is 3.90. The van der Waals surface area contributed by atoms with E-state index in [4.69, 9.17) is 4.42 Å². The number of fused-ring (bicyclic) bond motifs is 1. The van der Waals surface area contributed by atoms with E-state index in [2.05, 4.69) is 22.1 Å². The molecule has 0 saturated carbocycles. The molecule has 0 bridgehead atoms. The van der Waals surface area contributed by atoms with Crippen LogP contribution in [-0.4, -0.2) is 29.2 Å². The molecule has 2 aromatic carbocycles. The SMILES string of the molecule is Cc1c(NC(=O)c2cccc(NC(=O)c3ccco3)c2)cccc1C(=O)N1CCc2sccc2C1. The van der Waals surface area contributed by atoms with E-state index in [1.54, 1.807) is 65.9 Å². The number of hydrogen-bond acceptors (Lipinski definition) is 5. The van der Waals surface area contributed by atoms with Crippen molar-refractivity contribution >= 4 is 40.4 Å². The van der Waals surface area contributed by atoms with Gasteiger partial charge in [0.15, 0.2) is 5.76 Å². The monoisotopic (exact) mass is 485 g/mol. The highest BCUT2D eigenvalue weighted by Gasteiger charge is 2.24. The Morgan fingerprint density at radius 3 is 2.66 bits per heavy atom. The molecule has 0 unspecified atom stereocenters. The molecule has 2 aromatic heterocycles. The number of benzene rings is 2. The minimum Gasteiger partial charge on any atom is -0.459 e. The molecule has 0 fully saturated rings. The molecule has 0 radical (unpaired) electrons. The van der Waals surface area contributed by atoms with Crippen LogP contribution in [0.5, 0.6) is 0 Å². The molecule has 2 N–H and O–H groups in total. The molecule has 35 heavy (non-hydrogen) atoms. The standard InChI is InChI=1S/C27H23N3O4S/c1-17-21(27(33)30-12-10-24-19(16-30)11-14-35-24)7-3-8-22(17)29-25(31)18-5-2-6-20(15-18)28-26(32)23-9-4-13-34-23/h2-9,11,13-15H,10,12,16H2,1H3,(H,28,32)(H,29,31). The van der Waals surface area contributed by atoms with Crippen LogP contribution >= 0.6 is 11.3 Å². The van der Waals surface area contributed by atoms with Gasteiger partial charge in [-0.05, 0) is 78.4 Å². The van der Waals surface area contributed by atoms with Gasteiger partial charge in [0.1, 0.15) is 0 Å². The molecule has 7 nitrogen and oxygen atoms in total. The summed E-state index contributed by atoms with van der Waals surface area (Å²) in [6, 6.07) is 17.2. The summed E-state index contributed by atoms with van der Waals surface area (Å²) < 4.78 is 5.10. The van der Waals surface area contributed by atoms with E-state index in [1.807, 2.05) is 11.8 Å². The molecular weight excluding hydrogens is 462 g/mol. The maximum absolute atomic E-state index is 13.3. The van der Waals surface area contributed by atoms with Gasteiger partial charge in [0, 0.05) is 40.5 Å². The van der Waals surface area contributed by atoms with E-state index in [0.717, 1.165) is 6.42 Å². The molecule has 0 aliphatic carbocycles. The first-order valence-electron chi connectivity index (χ1n) is 11.2. The maximum Gasteiger partial charge on any atom is 0.291 e. The van der Waals surface area contributed by atoms with Gasteiger partial charge in [-0.25, -0.2) is 0 Å². The Balaban J connectivity index is 1.30. The number of amides is 3. The van der Waals surface area contributed by atoms with Crippen molar-refractivity contribution in [3.8, 4) is 0 Å². The Kier molecular flexibility index (Phi) is 6.20. The molecule has 4 aromatic rings. The Morgan fingerprint density at radius 2 is 1.83 bits per heavy atom. The summed E-state index contributed by atoms with van der Waals surface area (Å²) in [5.74, 6) is -0.603. The third-order valence-corrected chi connectivity index (χ3v) is 7.06. The molecule has 3 amide bonds. The van der Waals surface area contributed by atoms with Gasteiger partial charge in [-0.15, -0.1) is 11.3 Å². The average Bonchev–Trinajstić information content (AvgIpc) is 3.57. The second kappa shape index (κ2) is 9.60. The zero-order valence-corrected chi connectivity index (χ0v) is 19.9. The zero-order chi connectivity index (χ0) is 24.4. The van der Waals surface area contributed by atoms with E-state index >= 15 is 0 Å². The van der Waals surface area contributed by atoms with Crippen LogP contribution in [0.25, 0.3) is 0 Å². The molecule has 5 rings (SSSR count). The number of nitrogens with one attached hydrogen (secondary N) is 2. The molecule has 8 heteroatoms. The predicted octanol–water partition coefficient (Wildman–Crippen LogP) is 5.35. The van der Waals surface area contributed by atoms with Crippen LogP contribution in [0.2, 0.25) is 0 Å². The summed E-state index contributed by atoms with van der Waals surface area (Å²) in [7, 11) is 0. The van der Waals surface area contributed by atoms with Crippen molar-refractivity contribution in [3.05, 3.63) is 105 Å². The Hall–Kier alpha value is -4.17. The predicted molar refractivity (Wildman–Crippen MR) is 135 cm³/mol. The van der Waals surface area contributed by atoms with Gasteiger partial charge in [-0.3, -0.25) is 14.4 Å². The molecule has 3 heterocycles. The van der Waals surface area contributed by atoms with Gasteiger partial charge in [-0.2, -0.15) is 0 Å². The van der Waals surface area contributed by atoms with Crippen molar-refractivity contribution in [2.45, 2.75) is 19.9 Å². The van der Waals surface area contributed by atoms with Crippen molar-refractivity contribution in [1.82, 2.24) is 4.90 Å². The van der Waals surface area contributed by atoms with E-state index in [1.165, 1.54) is 16.7 Å². The van der Waals surface area contributed by atoms with Crippen LogP contribution in [0.4, 0.5) is 11.4 Å². The van der Waals surface area contributed by atoms with Gasteiger partial charge in [0.05, 0.1) is 6.26 Å². The highest BCUT2D eigenvalue weighted by molar-refractivity contribution is 7.10. The second-order valence-corrected chi connectivity index (χ2v) is 9.29. The van der Waals surface area contributed by atoms with Crippen molar-refractivity contribution in [2.24, 2.45) is 0 Å².